The lowest BCUT2D eigenvalue weighted by atomic mass is 10.3. The Balaban J connectivity index is 1.45. The number of amides is 1. The third-order valence-electron chi connectivity index (χ3n) is 4.05. The van der Waals surface area contributed by atoms with Crippen molar-refractivity contribution in [1.29, 1.82) is 0 Å². The number of anilines is 1. The van der Waals surface area contributed by atoms with Crippen LogP contribution in [0.4, 0.5) is 5.95 Å². The maximum Gasteiger partial charge on any atom is 0.245 e. The summed E-state index contributed by atoms with van der Waals surface area (Å²) in [5, 5.41) is 3.96. The Labute approximate surface area is 132 Å². The smallest absolute Gasteiger partial charge is 0.245 e. The van der Waals surface area contributed by atoms with Crippen molar-refractivity contribution >= 4 is 11.9 Å². The maximum atomic E-state index is 12.3. The van der Waals surface area contributed by atoms with Gasteiger partial charge >= 0.3 is 0 Å². The number of carbonyl (C=O) groups is 1. The molecule has 0 bridgehead atoms. The van der Waals surface area contributed by atoms with Gasteiger partial charge in [0.15, 0.2) is 0 Å². The van der Waals surface area contributed by atoms with E-state index in [0.717, 1.165) is 30.3 Å². The summed E-state index contributed by atoms with van der Waals surface area (Å²) in [6.45, 7) is 4.25. The minimum atomic E-state index is 0.00132. The molecule has 23 heavy (non-hydrogen) atoms. The fourth-order valence-electron chi connectivity index (χ4n) is 2.79. The summed E-state index contributed by atoms with van der Waals surface area (Å²) in [6.07, 6.45) is 4.79. The van der Waals surface area contributed by atoms with Crippen LogP contribution in [0, 0.1) is 0 Å². The summed E-state index contributed by atoms with van der Waals surface area (Å²) in [4.78, 5) is 29.1. The van der Waals surface area contributed by atoms with Gasteiger partial charge in [-0.25, -0.2) is 19.6 Å². The number of fused-ring (bicyclic) bond motifs is 1. The molecule has 2 aromatic heterocycles. The van der Waals surface area contributed by atoms with Gasteiger partial charge in [-0.3, -0.25) is 4.79 Å². The Morgan fingerprint density at radius 1 is 1.26 bits per heavy atom. The number of ether oxygens (including phenoxy) is 1. The highest BCUT2D eigenvalue weighted by Crippen LogP contribution is 2.23. The molecular weight excluding hydrogens is 298 g/mol. The molecule has 2 aliphatic rings. The van der Waals surface area contributed by atoms with Crippen molar-refractivity contribution in [3.8, 4) is 0 Å². The van der Waals surface area contributed by atoms with Gasteiger partial charge in [0, 0.05) is 31.4 Å². The summed E-state index contributed by atoms with van der Waals surface area (Å²) < 4.78 is 6.87. The highest BCUT2D eigenvalue weighted by Gasteiger charge is 2.26. The Morgan fingerprint density at radius 2 is 2.13 bits per heavy atom. The third kappa shape index (κ3) is 2.87. The van der Waals surface area contributed by atoms with Gasteiger partial charge in [0.1, 0.15) is 19.2 Å². The van der Waals surface area contributed by atoms with Crippen LogP contribution < -0.4 is 4.90 Å². The lowest BCUT2D eigenvalue weighted by Crippen LogP contribution is -2.37. The molecule has 0 atom stereocenters. The predicted octanol–water partition coefficient (Wildman–Crippen LogP) is -0.553. The minimum absolute atomic E-state index is 0.00132. The number of morpholine rings is 1. The van der Waals surface area contributed by atoms with Crippen LogP contribution in [0.2, 0.25) is 0 Å². The Hall–Kier alpha value is -2.55. The molecule has 9 nitrogen and oxygen atoms in total. The summed E-state index contributed by atoms with van der Waals surface area (Å²) in [7, 11) is 0. The molecule has 2 aromatic rings. The minimum Gasteiger partial charge on any atom is -0.378 e. The van der Waals surface area contributed by atoms with Crippen molar-refractivity contribution in [3.63, 3.8) is 0 Å². The zero-order valence-corrected chi connectivity index (χ0v) is 12.6. The molecule has 0 N–H and O–H groups in total. The molecule has 1 fully saturated rings. The second-order valence-electron chi connectivity index (χ2n) is 5.58. The summed E-state index contributed by atoms with van der Waals surface area (Å²) in [5.41, 5.74) is 1.93. The molecule has 2 aliphatic heterocycles. The monoisotopic (exact) mass is 315 g/mol. The van der Waals surface area contributed by atoms with Crippen LogP contribution in [0.5, 0.6) is 0 Å². The second-order valence-corrected chi connectivity index (χ2v) is 5.58. The van der Waals surface area contributed by atoms with Crippen molar-refractivity contribution < 1.29 is 9.53 Å². The fraction of sp³-hybridized carbons (Fsp3) is 0.500. The van der Waals surface area contributed by atoms with Crippen LogP contribution in [-0.2, 0) is 29.2 Å². The van der Waals surface area contributed by atoms with Gasteiger partial charge in [-0.1, -0.05) is 0 Å². The lowest BCUT2D eigenvalue weighted by molar-refractivity contribution is -0.132. The number of nitrogens with zero attached hydrogens (tertiary/aromatic N) is 7. The first-order chi connectivity index (χ1) is 11.3. The zero-order valence-electron chi connectivity index (χ0n) is 12.6. The van der Waals surface area contributed by atoms with Crippen molar-refractivity contribution in [1.82, 2.24) is 29.6 Å². The summed E-state index contributed by atoms with van der Waals surface area (Å²) in [5.74, 6) is 0.721. The zero-order chi connectivity index (χ0) is 15.6. The van der Waals surface area contributed by atoms with Gasteiger partial charge in [0.05, 0.1) is 25.5 Å². The number of rotatable bonds is 3. The number of aromatic nitrogens is 5. The van der Waals surface area contributed by atoms with Gasteiger partial charge in [-0.05, 0) is 0 Å². The van der Waals surface area contributed by atoms with E-state index in [0.29, 0.717) is 26.3 Å². The van der Waals surface area contributed by atoms with Gasteiger partial charge in [0.25, 0.3) is 0 Å². The molecule has 1 saturated heterocycles. The number of hydrogen-bond donors (Lipinski definition) is 0. The maximum absolute atomic E-state index is 12.3. The van der Waals surface area contributed by atoms with E-state index < -0.39 is 0 Å². The number of hydrogen-bond acceptors (Lipinski definition) is 7. The van der Waals surface area contributed by atoms with E-state index in [-0.39, 0.29) is 12.5 Å². The molecule has 1 amide bonds. The van der Waals surface area contributed by atoms with Crippen LogP contribution >= 0.6 is 0 Å². The van der Waals surface area contributed by atoms with Crippen molar-refractivity contribution in [2.45, 2.75) is 19.6 Å². The first-order valence-corrected chi connectivity index (χ1v) is 7.57. The average Bonchev–Trinajstić information content (AvgIpc) is 3.24. The van der Waals surface area contributed by atoms with Crippen LogP contribution in [0.1, 0.15) is 11.3 Å². The molecule has 0 aromatic carbocycles. The van der Waals surface area contributed by atoms with Crippen molar-refractivity contribution in [2.75, 3.05) is 31.2 Å². The average molecular weight is 315 g/mol. The van der Waals surface area contributed by atoms with Gasteiger partial charge < -0.3 is 14.5 Å². The first kappa shape index (κ1) is 14.1. The van der Waals surface area contributed by atoms with E-state index in [1.165, 1.54) is 17.3 Å². The van der Waals surface area contributed by atoms with E-state index in [1.807, 2.05) is 6.20 Å². The van der Waals surface area contributed by atoms with E-state index in [2.05, 4.69) is 25.0 Å². The lowest BCUT2D eigenvalue weighted by Gasteiger charge is -2.26. The van der Waals surface area contributed by atoms with Gasteiger partial charge in [-0.15, -0.1) is 0 Å². The largest absolute Gasteiger partial charge is 0.378 e. The fourth-order valence-corrected chi connectivity index (χ4v) is 2.79. The first-order valence-electron chi connectivity index (χ1n) is 7.57. The summed E-state index contributed by atoms with van der Waals surface area (Å²) in [6, 6.07) is 0. The second kappa shape index (κ2) is 5.92. The Morgan fingerprint density at radius 3 is 2.91 bits per heavy atom. The van der Waals surface area contributed by atoms with Gasteiger partial charge in [0.2, 0.25) is 11.9 Å². The molecule has 0 spiro atoms. The molecule has 0 unspecified atom stereocenters. The summed E-state index contributed by atoms with van der Waals surface area (Å²) >= 11 is 0. The number of carbonyl (C=O) groups excluding carboxylic acids is 1. The highest BCUT2D eigenvalue weighted by atomic mass is 16.5. The Bertz CT molecular complexity index is 697. The van der Waals surface area contributed by atoms with Crippen LogP contribution in [0.3, 0.4) is 0 Å². The molecule has 4 rings (SSSR count). The SMILES string of the molecule is O=C(Cn1cncn1)N1Cc2cnc(N3CCOCC3)nc2C1. The van der Waals surface area contributed by atoms with Gasteiger partial charge in [-0.2, -0.15) is 5.10 Å². The molecule has 4 heterocycles. The normalized spacial score (nSPS) is 17.4. The van der Waals surface area contributed by atoms with E-state index in [4.69, 9.17) is 4.74 Å². The predicted molar refractivity (Wildman–Crippen MR) is 79.3 cm³/mol. The molecule has 0 radical (unpaired) electrons. The molecule has 120 valence electrons. The quantitative estimate of drug-likeness (QED) is 0.750. The van der Waals surface area contributed by atoms with Crippen LogP contribution in [-0.4, -0.2) is 61.8 Å². The molecule has 9 heteroatoms. The van der Waals surface area contributed by atoms with Crippen molar-refractivity contribution in [2.24, 2.45) is 0 Å². The molecule has 0 saturated carbocycles. The highest BCUT2D eigenvalue weighted by molar-refractivity contribution is 5.76. The Kier molecular flexibility index (Phi) is 3.62. The van der Waals surface area contributed by atoms with E-state index in [9.17, 15) is 4.79 Å². The van der Waals surface area contributed by atoms with E-state index >= 15 is 0 Å². The van der Waals surface area contributed by atoms with E-state index in [1.54, 1.807) is 4.90 Å². The van der Waals surface area contributed by atoms with Crippen molar-refractivity contribution in [3.05, 3.63) is 30.1 Å². The standard InChI is InChI=1S/C14H17N7O2/c22-13(8-21-10-15-9-17-21)20-6-11-5-16-14(18-12(11)7-20)19-1-3-23-4-2-19/h5,9-10H,1-4,6-8H2. The van der Waals surface area contributed by atoms with Crippen LogP contribution in [0.15, 0.2) is 18.9 Å². The topological polar surface area (TPSA) is 89.3 Å². The third-order valence-corrected chi connectivity index (χ3v) is 4.05. The molecular formula is C14H17N7O2. The molecule has 0 aliphatic carbocycles. The van der Waals surface area contributed by atoms with Crippen LogP contribution in [0.25, 0.3) is 0 Å².